The third-order valence-corrected chi connectivity index (χ3v) is 3.30. The van der Waals surface area contributed by atoms with Crippen molar-refractivity contribution in [2.24, 2.45) is 0 Å². The summed E-state index contributed by atoms with van der Waals surface area (Å²) < 4.78 is 5.17. The van der Waals surface area contributed by atoms with Crippen molar-refractivity contribution < 1.29 is 9.53 Å². The van der Waals surface area contributed by atoms with Crippen LogP contribution in [0.3, 0.4) is 0 Å². The number of likely N-dealkylation sites (N-methyl/N-ethyl adjacent to an activating group) is 1. The van der Waals surface area contributed by atoms with Gasteiger partial charge >= 0.3 is 5.97 Å². The van der Waals surface area contributed by atoms with Crippen LogP contribution in [0.25, 0.3) is 0 Å². The van der Waals surface area contributed by atoms with E-state index in [1.165, 1.54) is 0 Å². The van der Waals surface area contributed by atoms with Crippen LogP contribution in [-0.2, 0) is 9.53 Å². The molecule has 1 fully saturated rings. The van der Waals surface area contributed by atoms with E-state index in [0.29, 0.717) is 12.6 Å². The Morgan fingerprint density at radius 2 is 2.06 bits per heavy atom. The largest absolute Gasteiger partial charge is 0.462 e. The summed E-state index contributed by atoms with van der Waals surface area (Å²) in [7, 11) is 0. The second-order valence-electron chi connectivity index (χ2n) is 4.94. The normalized spacial score (nSPS) is 21.4. The fraction of sp³-hybridized carbons (Fsp3) is 0.923. The van der Waals surface area contributed by atoms with Crippen LogP contribution < -0.4 is 0 Å². The predicted octanol–water partition coefficient (Wildman–Crippen LogP) is 1.35. The van der Waals surface area contributed by atoms with Crippen LogP contribution in [0.15, 0.2) is 0 Å². The molecule has 0 aromatic rings. The highest BCUT2D eigenvalue weighted by molar-refractivity contribution is 5.71. The monoisotopic (exact) mass is 242 g/mol. The molecular formula is C13H26N2O2. The van der Waals surface area contributed by atoms with Crippen molar-refractivity contribution in [1.29, 1.82) is 0 Å². The molecule has 1 aliphatic rings. The topological polar surface area (TPSA) is 32.8 Å². The van der Waals surface area contributed by atoms with Gasteiger partial charge in [0.1, 0.15) is 0 Å². The van der Waals surface area contributed by atoms with E-state index in [4.69, 9.17) is 4.74 Å². The summed E-state index contributed by atoms with van der Waals surface area (Å²) in [4.78, 5) is 16.2. The first-order chi connectivity index (χ1) is 8.06. The fourth-order valence-corrected chi connectivity index (χ4v) is 2.48. The highest BCUT2D eigenvalue weighted by Crippen LogP contribution is 2.15. The molecular weight excluding hydrogens is 216 g/mol. The first-order valence-electron chi connectivity index (χ1n) is 6.72. The molecule has 1 heterocycles. The highest BCUT2D eigenvalue weighted by atomic mass is 16.5. The van der Waals surface area contributed by atoms with Crippen LogP contribution in [0.4, 0.5) is 0 Å². The standard InChI is InChI=1S/C13H26N2O2/c1-5-15(6-2)12-7-8-14(9-12)10-13(16)17-11(3)4/h11-12H,5-10H2,1-4H3. The Balaban J connectivity index is 2.32. The van der Waals surface area contributed by atoms with Gasteiger partial charge in [-0.25, -0.2) is 0 Å². The van der Waals surface area contributed by atoms with Gasteiger partial charge in [-0.3, -0.25) is 14.6 Å². The zero-order valence-corrected chi connectivity index (χ0v) is 11.6. The summed E-state index contributed by atoms with van der Waals surface area (Å²) in [6, 6.07) is 0.608. The van der Waals surface area contributed by atoms with E-state index in [1.807, 2.05) is 13.8 Å². The van der Waals surface area contributed by atoms with Gasteiger partial charge < -0.3 is 4.74 Å². The van der Waals surface area contributed by atoms with Crippen molar-refractivity contribution in [3.63, 3.8) is 0 Å². The van der Waals surface area contributed by atoms with E-state index in [0.717, 1.165) is 32.6 Å². The number of nitrogens with zero attached hydrogens (tertiary/aromatic N) is 2. The number of hydrogen-bond acceptors (Lipinski definition) is 4. The van der Waals surface area contributed by atoms with Crippen molar-refractivity contribution in [3.8, 4) is 0 Å². The average Bonchev–Trinajstić information content (AvgIpc) is 2.67. The minimum Gasteiger partial charge on any atom is -0.462 e. The summed E-state index contributed by atoms with van der Waals surface area (Å²) >= 11 is 0. The average molecular weight is 242 g/mol. The van der Waals surface area contributed by atoms with Gasteiger partial charge in [-0.1, -0.05) is 13.8 Å². The van der Waals surface area contributed by atoms with Crippen molar-refractivity contribution in [3.05, 3.63) is 0 Å². The summed E-state index contributed by atoms with van der Waals surface area (Å²) in [5.41, 5.74) is 0. The predicted molar refractivity (Wildman–Crippen MR) is 69.0 cm³/mol. The molecule has 0 saturated carbocycles. The van der Waals surface area contributed by atoms with Gasteiger partial charge in [0.25, 0.3) is 0 Å². The van der Waals surface area contributed by atoms with Gasteiger partial charge in [0.2, 0.25) is 0 Å². The van der Waals surface area contributed by atoms with Crippen LogP contribution >= 0.6 is 0 Å². The van der Waals surface area contributed by atoms with Gasteiger partial charge in [-0.15, -0.1) is 0 Å². The lowest BCUT2D eigenvalue weighted by atomic mass is 10.2. The smallest absolute Gasteiger partial charge is 0.320 e. The molecule has 0 spiro atoms. The van der Waals surface area contributed by atoms with Crippen molar-refractivity contribution in [2.75, 3.05) is 32.7 Å². The first kappa shape index (κ1) is 14.5. The van der Waals surface area contributed by atoms with Gasteiger partial charge in [0, 0.05) is 19.1 Å². The Kier molecular flexibility index (Phi) is 5.92. The van der Waals surface area contributed by atoms with Gasteiger partial charge in [0.15, 0.2) is 0 Å². The van der Waals surface area contributed by atoms with E-state index in [9.17, 15) is 4.79 Å². The van der Waals surface area contributed by atoms with E-state index in [2.05, 4.69) is 23.6 Å². The second-order valence-corrected chi connectivity index (χ2v) is 4.94. The molecule has 1 aliphatic heterocycles. The zero-order valence-electron chi connectivity index (χ0n) is 11.6. The number of rotatable bonds is 6. The third kappa shape index (κ3) is 4.64. The van der Waals surface area contributed by atoms with Crippen molar-refractivity contribution in [2.45, 2.75) is 46.3 Å². The van der Waals surface area contributed by atoms with Gasteiger partial charge in [-0.2, -0.15) is 0 Å². The van der Waals surface area contributed by atoms with E-state index >= 15 is 0 Å². The van der Waals surface area contributed by atoms with Crippen LogP contribution in [-0.4, -0.2) is 60.6 Å². The van der Waals surface area contributed by atoms with Crippen LogP contribution in [0.5, 0.6) is 0 Å². The van der Waals surface area contributed by atoms with Gasteiger partial charge in [-0.05, 0) is 33.4 Å². The molecule has 1 rings (SSSR count). The molecule has 17 heavy (non-hydrogen) atoms. The number of carbonyl (C=O) groups excluding carboxylic acids is 1. The van der Waals surface area contributed by atoms with Crippen molar-refractivity contribution >= 4 is 5.97 Å². The second kappa shape index (κ2) is 6.97. The van der Waals surface area contributed by atoms with Gasteiger partial charge in [0.05, 0.1) is 12.6 Å². The quantitative estimate of drug-likeness (QED) is 0.658. The zero-order chi connectivity index (χ0) is 12.8. The Labute approximate surface area is 105 Å². The Hall–Kier alpha value is -0.610. The van der Waals surface area contributed by atoms with E-state index in [1.54, 1.807) is 0 Å². The lowest BCUT2D eigenvalue weighted by molar-refractivity contribution is -0.148. The highest BCUT2D eigenvalue weighted by Gasteiger charge is 2.27. The molecule has 0 amide bonds. The minimum atomic E-state index is -0.0970. The Morgan fingerprint density at radius 3 is 2.59 bits per heavy atom. The number of hydrogen-bond donors (Lipinski definition) is 0. The summed E-state index contributed by atoms with van der Waals surface area (Å²) in [6.45, 7) is 12.8. The maximum Gasteiger partial charge on any atom is 0.320 e. The molecule has 0 radical (unpaired) electrons. The Bertz CT molecular complexity index is 240. The summed E-state index contributed by atoms with van der Waals surface area (Å²) in [5, 5.41) is 0. The van der Waals surface area contributed by atoms with Crippen LogP contribution in [0, 0.1) is 0 Å². The number of ether oxygens (including phenoxy) is 1. The fourth-order valence-electron chi connectivity index (χ4n) is 2.48. The van der Waals surface area contributed by atoms with E-state index in [-0.39, 0.29) is 12.1 Å². The molecule has 0 aliphatic carbocycles. The van der Waals surface area contributed by atoms with Crippen LogP contribution in [0.2, 0.25) is 0 Å². The van der Waals surface area contributed by atoms with E-state index < -0.39 is 0 Å². The number of esters is 1. The summed E-state index contributed by atoms with van der Waals surface area (Å²) in [6.07, 6.45) is 1.15. The van der Waals surface area contributed by atoms with Crippen molar-refractivity contribution in [1.82, 2.24) is 9.80 Å². The SMILES string of the molecule is CCN(CC)C1CCN(CC(=O)OC(C)C)C1. The molecule has 1 atom stereocenters. The molecule has 100 valence electrons. The molecule has 1 unspecified atom stereocenters. The molecule has 0 aromatic heterocycles. The molecule has 0 bridgehead atoms. The number of likely N-dealkylation sites (tertiary alicyclic amines) is 1. The maximum absolute atomic E-state index is 11.5. The first-order valence-corrected chi connectivity index (χ1v) is 6.72. The lowest BCUT2D eigenvalue weighted by Crippen LogP contribution is -2.38. The number of carbonyl (C=O) groups is 1. The lowest BCUT2D eigenvalue weighted by Gasteiger charge is -2.26. The summed E-state index contributed by atoms with van der Waals surface area (Å²) in [5.74, 6) is -0.0970. The molecule has 0 N–H and O–H groups in total. The molecule has 1 saturated heterocycles. The van der Waals surface area contributed by atoms with Crippen LogP contribution in [0.1, 0.15) is 34.1 Å². The molecule has 0 aromatic carbocycles. The molecule has 4 heteroatoms. The minimum absolute atomic E-state index is 0.0105. The maximum atomic E-state index is 11.5. The Morgan fingerprint density at radius 1 is 1.41 bits per heavy atom. The molecule has 4 nitrogen and oxygen atoms in total. The third-order valence-electron chi connectivity index (χ3n) is 3.30.